The van der Waals surface area contributed by atoms with Crippen molar-refractivity contribution in [3.63, 3.8) is 0 Å². The quantitative estimate of drug-likeness (QED) is 0.335. The van der Waals surface area contributed by atoms with E-state index in [9.17, 15) is 10.1 Å². The average Bonchev–Trinajstić information content (AvgIpc) is 2.64. The summed E-state index contributed by atoms with van der Waals surface area (Å²) in [7, 11) is 1.51. The van der Waals surface area contributed by atoms with E-state index in [1.807, 2.05) is 6.07 Å². The molecule has 0 aliphatic carbocycles. The maximum absolute atomic E-state index is 12.0. The standard InChI is InChI=1S/C17H17N3O4S/c1-4-23-7-8-24-13-6-5-11(9-14(13)22-2)15-12(10-18)16(21)20-17(19-15)25-3/h4-6,9H,1,7-8H2,2-3H3,(H,19,20,21). The van der Waals surface area contributed by atoms with Crippen LogP contribution in [-0.4, -0.2) is 36.5 Å². The summed E-state index contributed by atoms with van der Waals surface area (Å²) in [6.07, 6.45) is 3.13. The summed E-state index contributed by atoms with van der Waals surface area (Å²) < 4.78 is 15.9. The molecule has 0 unspecified atom stereocenters. The van der Waals surface area contributed by atoms with Crippen molar-refractivity contribution in [2.45, 2.75) is 5.16 Å². The average molecular weight is 359 g/mol. The Morgan fingerprint density at radius 3 is 2.84 bits per heavy atom. The second kappa shape index (κ2) is 8.80. The Balaban J connectivity index is 2.41. The van der Waals surface area contributed by atoms with Gasteiger partial charge in [0.1, 0.15) is 24.8 Å². The predicted molar refractivity (Wildman–Crippen MR) is 95.0 cm³/mol. The fourth-order valence-electron chi connectivity index (χ4n) is 2.08. The molecule has 1 aromatic carbocycles. The summed E-state index contributed by atoms with van der Waals surface area (Å²) in [5, 5.41) is 9.71. The molecular formula is C17H17N3O4S. The summed E-state index contributed by atoms with van der Waals surface area (Å²) >= 11 is 1.29. The SMILES string of the molecule is C=COCCOc1ccc(-c2nc(SC)[nH]c(=O)c2C#N)cc1OC. The molecule has 130 valence electrons. The van der Waals surface area contributed by atoms with Crippen LogP contribution in [0.3, 0.4) is 0 Å². The number of aromatic amines is 1. The van der Waals surface area contributed by atoms with Crippen LogP contribution in [0.1, 0.15) is 5.56 Å². The van der Waals surface area contributed by atoms with Gasteiger partial charge >= 0.3 is 0 Å². The zero-order chi connectivity index (χ0) is 18.2. The highest BCUT2D eigenvalue weighted by atomic mass is 32.2. The molecule has 0 radical (unpaired) electrons. The Bertz CT molecular complexity index is 858. The monoisotopic (exact) mass is 359 g/mol. The van der Waals surface area contributed by atoms with Crippen molar-refractivity contribution in [1.29, 1.82) is 5.26 Å². The number of rotatable bonds is 8. The molecule has 2 rings (SSSR count). The molecule has 0 aliphatic heterocycles. The van der Waals surface area contributed by atoms with Crippen LogP contribution < -0.4 is 15.0 Å². The van der Waals surface area contributed by atoms with Gasteiger partial charge in [-0.2, -0.15) is 5.26 Å². The van der Waals surface area contributed by atoms with Crippen LogP contribution in [0, 0.1) is 11.3 Å². The number of ether oxygens (including phenoxy) is 3. The highest BCUT2D eigenvalue weighted by Gasteiger charge is 2.15. The van der Waals surface area contributed by atoms with Gasteiger partial charge in [0.15, 0.2) is 16.7 Å². The summed E-state index contributed by atoms with van der Waals surface area (Å²) in [6.45, 7) is 4.14. The fraction of sp³-hybridized carbons (Fsp3) is 0.235. The van der Waals surface area contributed by atoms with Gasteiger partial charge in [-0.1, -0.05) is 18.3 Å². The Morgan fingerprint density at radius 1 is 1.40 bits per heavy atom. The molecule has 0 saturated heterocycles. The maximum atomic E-state index is 12.0. The van der Waals surface area contributed by atoms with E-state index in [-0.39, 0.29) is 5.56 Å². The minimum Gasteiger partial charge on any atom is -0.498 e. The number of H-pyrrole nitrogens is 1. The largest absolute Gasteiger partial charge is 0.498 e. The van der Waals surface area contributed by atoms with Gasteiger partial charge in [0, 0.05) is 5.56 Å². The molecule has 1 N–H and O–H groups in total. The lowest BCUT2D eigenvalue weighted by atomic mass is 10.1. The summed E-state index contributed by atoms with van der Waals surface area (Å²) in [4.78, 5) is 18.9. The van der Waals surface area contributed by atoms with E-state index in [0.717, 1.165) is 0 Å². The molecule has 0 saturated carbocycles. The molecule has 0 spiro atoms. The zero-order valence-corrected chi connectivity index (χ0v) is 14.7. The summed E-state index contributed by atoms with van der Waals surface area (Å²) in [5.41, 5.74) is 0.366. The first-order valence-corrected chi connectivity index (χ1v) is 8.49. The molecule has 7 nitrogen and oxygen atoms in total. The molecule has 0 fully saturated rings. The smallest absolute Gasteiger partial charge is 0.270 e. The third-order valence-electron chi connectivity index (χ3n) is 3.22. The summed E-state index contributed by atoms with van der Waals surface area (Å²) in [5.74, 6) is 0.986. The lowest BCUT2D eigenvalue weighted by Crippen LogP contribution is -2.14. The van der Waals surface area contributed by atoms with Crippen molar-refractivity contribution in [2.24, 2.45) is 0 Å². The number of hydrogen-bond donors (Lipinski definition) is 1. The van der Waals surface area contributed by atoms with Crippen molar-refractivity contribution in [3.8, 4) is 28.8 Å². The minimum absolute atomic E-state index is 0.0482. The number of aromatic nitrogens is 2. The van der Waals surface area contributed by atoms with Crippen LogP contribution in [0.2, 0.25) is 0 Å². The predicted octanol–water partition coefficient (Wildman–Crippen LogP) is 2.58. The molecule has 0 amide bonds. The van der Waals surface area contributed by atoms with E-state index in [0.29, 0.717) is 41.1 Å². The highest BCUT2D eigenvalue weighted by molar-refractivity contribution is 7.98. The van der Waals surface area contributed by atoms with E-state index >= 15 is 0 Å². The van der Waals surface area contributed by atoms with Crippen LogP contribution in [-0.2, 0) is 4.74 Å². The van der Waals surface area contributed by atoms with Gasteiger partial charge in [0.2, 0.25) is 0 Å². The first-order valence-electron chi connectivity index (χ1n) is 7.26. The Morgan fingerprint density at radius 2 is 2.20 bits per heavy atom. The number of hydrogen-bond acceptors (Lipinski definition) is 7. The van der Waals surface area contributed by atoms with E-state index in [4.69, 9.17) is 14.2 Å². The van der Waals surface area contributed by atoms with Crippen molar-refractivity contribution in [1.82, 2.24) is 9.97 Å². The van der Waals surface area contributed by atoms with Crippen LogP contribution in [0.5, 0.6) is 11.5 Å². The zero-order valence-electron chi connectivity index (χ0n) is 13.9. The highest BCUT2D eigenvalue weighted by Crippen LogP contribution is 2.32. The maximum Gasteiger partial charge on any atom is 0.270 e. The van der Waals surface area contributed by atoms with Gasteiger partial charge in [0.25, 0.3) is 5.56 Å². The number of nitriles is 1. The van der Waals surface area contributed by atoms with Crippen molar-refractivity contribution in [2.75, 3.05) is 26.6 Å². The second-order valence-corrected chi connectivity index (χ2v) is 5.46. The minimum atomic E-state index is -0.474. The molecule has 8 heteroatoms. The number of thioether (sulfide) groups is 1. The van der Waals surface area contributed by atoms with E-state index < -0.39 is 5.56 Å². The van der Waals surface area contributed by atoms with E-state index in [2.05, 4.69) is 16.5 Å². The van der Waals surface area contributed by atoms with Crippen LogP contribution >= 0.6 is 11.8 Å². The fourth-order valence-corrected chi connectivity index (χ4v) is 2.46. The van der Waals surface area contributed by atoms with Crippen LogP contribution in [0.4, 0.5) is 0 Å². The lowest BCUT2D eigenvalue weighted by Gasteiger charge is -2.12. The van der Waals surface area contributed by atoms with E-state index in [1.54, 1.807) is 24.5 Å². The lowest BCUT2D eigenvalue weighted by molar-refractivity contribution is 0.176. The molecular weight excluding hydrogens is 342 g/mol. The van der Waals surface area contributed by atoms with Gasteiger partial charge in [-0.25, -0.2) is 4.98 Å². The normalized spacial score (nSPS) is 9.96. The second-order valence-electron chi connectivity index (χ2n) is 4.66. The van der Waals surface area contributed by atoms with E-state index in [1.165, 1.54) is 25.1 Å². The topological polar surface area (TPSA) is 97.2 Å². The van der Waals surface area contributed by atoms with Gasteiger partial charge in [-0.05, 0) is 24.5 Å². The molecule has 0 atom stereocenters. The van der Waals surface area contributed by atoms with Crippen molar-refractivity contribution in [3.05, 3.63) is 47.0 Å². The third kappa shape index (κ3) is 4.33. The Labute approximate surface area is 149 Å². The van der Waals surface area contributed by atoms with Gasteiger partial charge in [0.05, 0.1) is 19.1 Å². The Kier molecular flexibility index (Phi) is 6.48. The Hall–Kier alpha value is -2.92. The number of nitrogens with zero attached hydrogens (tertiary/aromatic N) is 2. The number of benzene rings is 1. The summed E-state index contributed by atoms with van der Waals surface area (Å²) in [6, 6.07) is 7.00. The molecule has 1 heterocycles. The van der Waals surface area contributed by atoms with Gasteiger partial charge < -0.3 is 19.2 Å². The van der Waals surface area contributed by atoms with Crippen LogP contribution in [0.25, 0.3) is 11.3 Å². The first-order chi connectivity index (χ1) is 12.1. The van der Waals surface area contributed by atoms with Gasteiger partial charge in [-0.3, -0.25) is 4.79 Å². The molecule has 2 aromatic rings. The van der Waals surface area contributed by atoms with Crippen LogP contribution in [0.15, 0.2) is 41.0 Å². The molecule has 0 bridgehead atoms. The first kappa shape index (κ1) is 18.4. The molecule has 1 aromatic heterocycles. The molecule has 25 heavy (non-hydrogen) atoms. The van der Waals surface area contributed by atoms with Crippen molar-refractivity contribution >= 4 is 11.8 Å². The van der Waals surface area contributed by atoms with Crippen molar-refractivity contribution < 1.29 is 14.2 Å². The van der Waals surface area contributed by atoms with Gasteiger partial charge in [-0.15, -0.1) is 0 Å². The number of nitrogens with one attached hydrogen (secondary N) is 1. The number of methoxy groups -OCH3 is 1. The molecule has 0 aliphatic rings. The third-order valence-corrected chi connectivity index (χ3v) is 3.80.